The minimum Gasteiger partial charge on any atom is -0.469 e. The molecule has 0 aromatic rings. The molecular weight excluding hydrogens is 202 g/mol. The first-order valence-electron chi connectivity index (χ1n) is 6.26. The summed E-state index contributed by atoms with van der Waals surface area (Å²) >= 11 is 0. The maximum atomic E-state index is 11.6. The van der Waals surface area contributed by atoms with Gasteiger partial charge in [-0.3, -0.25) is 4.79 Å². The normalized spacial score (nSPS) is 18.8. The van der Waals surface area contributed by atoms with Crippen LogP contribution in [-0.2, 0) is 9.53 Å². The summed E-state index contributed by atoms with van der Waals surface area (Å²) < 4.78 is 4.84. The van der Waals surface area contributed by atoms with Crippen molar-refractivity contribution < 1.29 is 9.53 Å². The lowest BCUT2D eigenvalue weighted by Gasteiger charge is -2.35. The van der Waals surface area contributed by atoms with Crippen LogP contribution in [0.2, 0.25) is 0 Å². The lowest BCUT2D eigenvalue weighted by molar-refractivity contribution is -0.152. The van der Waals surface area contributed by atoms with Gasteiger partial charge in [-0.2, -0.15) is 0 Å². The molecule has 0 bridgehead atoms. The molecule has 1 fully saturated rings. The lowest BCUT2D eigenvalue weighted by atomic mass is 9.89. The Morgan fingerprint density at radius 1 is 1.31 bits per heavy atom. The molecule has 94 valence electrons. The van der Waals surface area contributed by atoms with Crippen LogP contribution in [-0.4, -0.2) is 37.6 Å². The number of methoxy groups -OCH3 is 1. The minimum absolute atomic E-state index is 0.116. The van der Waals surface area contributed by atoms with Gasteiger partial charge < -0.3 is 9.64 Å². The van der Waals surface area contributed by atoms with Gasteiger partial charge >= 0.3 is 5.97 Å². The average Bonchev–Trinajstić information content (AvgIpc) is 2.28. The van der Waals surface area contributed by atoms with E-state index < -0.39 is 5.41 Å². The highest BCUT2D eigenvalue weighted by atomic mass is 16.5. The van der Waals surface area contributed by atoms with E-state index in [1.54, 1.807) is 0 Å². The van der Waals surface area contributed by atoms with Gasteiger partial charge in [0.25, 0.3) is 0 Å². The van der Waals surface area contributed by atoms with Crippen molar-refractivity contribution >= 4 is 5.97 Å². The number of hydrogen-bond acceptors (Lipinski definition) is 3. The lowest BCUT2D eigenvalue weighted by Crippen LogP contribution is -2.43. The minimum atomic E-state index is -0.402. The van der Waals surface area contributed by atoms with Crippen LogP contribution in [0, 0.1) is 5.41 Å². The molecule has 0 spiro atoms. The van der Waals surface area contributed by atoms with E-state index in [9.17, 15) is 4.79 Å². The van der Waals surface area contributed by atoms with Gasteiger partial charge in [0.15, 0.2) is 0 Å². The zero-order valence-electron chi connectivity index (χ0n) is 11.1. The van der Waals surface area contributed by atoms with E-state index in [1.807, 2.05) is 13.8 Å². The number of ether oxygens (including phenoxy) is 1. The predicted molar refractivity (Wildman–Crippen MR) is 65.3 cm³/mol. The van der Waals surface area contributed by atoms with Crippen LogP contribution in [0.25, 0.3) is 0 Å². The third-order valence-corrected chi connectivity index (χ3v) is 3.58. The van der Waals surface area contributed by atoms with Gasteiger partial charge in [0.2, 0.25) is 0 Å². The fourth-order valence-corrected chi connectivity index (χ4v) is 2.62. The van der Waals surface area contributed by atoms with Gasteiger partial charge in [0, 0.05) is 12.6 Å². The van der Waals surface area contributed by atoms with Gasteiger partial charge in [-0.25, -0.2) is 0 Å². The topological polar surface area (TPSA) is 29.5 Å². The second-order valence-electron chi connectivity index (χ2n) is 5.58. The molecule has 0 atom stereocenters. The first-order valence-corrected chi connectivity index (χ1v) is 6.26. The number of rotatable bonds is 4. The molecule has 1 aliphatic rings. The molecule has 0 aromatic carbocycles. The summed E-state index contributed by atoms with van der Waals surface area (Å²) in [6, 6.07) is 0.651. The number of nitrogens with zero attached hydrogens (tertiary/aromatic N) is 1. The van der Waals surface area contributed by atoms with Crippen molar-refractivity contribution in [2.24, 2.45) is 5.41 Å². The summed E-state index contributed by atoms with van der Waals surface area (Å²) in [6.45, 7) is 4.70. The van der Waals surface area contributed by atoms with E-state index in [-0.39, 0.29) is 5.97 Å². The molecule has 3 nitrogen and oxygen atoms in total. The third-order valence-electron chi connectivity index (χ3n) is 3.58. The molecule has 3 heteroatoms. The summed E-state index contributed by atoms with van der Waals surface area (Å²) in [7, 11) is 3.59. The maximum absolute atomic E-state index is 11.6. The summed E-state index contributed by atoms with van der Waals surface area (Å²) in [4.78, 5) is 13.9. The van der Waals surface area contributed by atoms with Crippen LogP contribution < -0.4 is 0 Å². The van der Waals surface area contributed by atoms with Crippen molar-refractivity contribution in [3.05, 3.63) is 0 Å². The number of carbonyl (C=O) groups excluding carboxylic acids is 1. The quantitative estimate of drug-likeness (QED) is 0.691. The van der Waals surface area contributed by atoms with Gasteiger partial charge in [-0.05, 0) is 33.7 Å². The van der Waals surface area contributed by atoms with Gasteiger partial charge in [0.05, 0.1) is 12.5 Å². The fourth-order valence-electron chi connectivity index (χ4n) is 2.62. The molecule has 16 heavy (non-hydrogen) atoms. The number of hydrogen-bond donors (Lipinski definition) is 0. The molecule has 0 amide bonds. The summed E-state index contributed by atoms with van der Waals surface area (Å²) in [5.41, 5.74) is -0.402. The maximum Gasteiger partial charge on any atom is 0.312 e. The van der Waals surface area contributed by atoms with Crippen LogP contribution in [0.1, 0.15) is 46.0 Å². The molecule has 1 rings (SSSR count). The second kappa shape index (κ2) is 5.67. The highest BCUT2D eigenvalue weighted by molar-refractivity contribution is 5.76. The largest absolute Gasteiger partial charge is 0.469 e. The highest BCUT2D eigenvalue weighted by Crippen LogP contribution is 2.25. The molecule has 0 aromatic heterocycles. The van der Waals surface area contributed by atoms with Crippen LogP contribution in [0.4, 0.5) is 0 Å². The van der Waals surface area contributed by atoms with E-state index in [1.165, 1.54) is 39.2 Å². The van der Waals surface area contributed by atoms with Crippen molar-refractivity contribution in [1.82, 2.24) is 4.90 Å². The summed E-state index contributed by atoms with van der Waals surface area (Å²) in [6.07, 6.45) is 6.56. The standard InChI is InChI=1S/C13H25NO2/c1-13(2,12(15)16-4)10-14(3)11-8-6-5-7-9-11/h11H,5-10H2,1-4H3. The molecule has 0 aliphatic heterocycles. The van der Waals surface area contributed by atoms with Gasteiger partial charge in [-0.1, -0.05) is 19.3 Å². The van der Waals surface area contributed by atoms with E-state index in [0.29, 0.717) is 6.04 Å². The van der Waals surface area contributed by atoms with Crippen molar-refractivity contribution in [2.45, 2.75) is 52.0 Å². The molecular formula is C13H25NO2. The first-order chi connectivity index (χ1) is 7.47. The Kier molecular flexibility index (Phi) is 4.78. The van der Waals surface area contributed by atoms with E-state index in [0.717, 1.165) is 6.54 Å². The molecule has 1 saturated carbocycles. The zero-order chi connectivity index (χ0) is 12.2. The third kappa shape index (κ3) is 3.48. The molecule has 0 N–H and O–H groups in total. The molecule has 1 aliphatic carbocycles. The first kappa shape index (κ1) is 13.5. The molecule has 0 heterocycles. The van der Waals surface area contributed by atoms with Crippen molar-refractivity contribution in [3.63, 3.8) is 0 Å². The van der Waals surface area contributed by atoms with Crippen LogP contribution in [0.15, 0.2) is 0 Å². The van der Waals surface area contributed by atoms with E-state index in [4.69, 9.17) is 4.74 Å². The van der Waals surface area contributed by atoms with Crippen molar-refractivity contribution in [2.75, 3.05) is 20.7 Å². The Bertz CT molecular complexity index is 232. The predicted octanol–water partition coefficient (Wildman–Crippen LogP) is 2.45. The average molecular weight is 227 g/mol. The van der Waals surface area contributed by atoms with Crippen LogP contribution in [0.3, 0.4) is 0 Å². The zero-order valence-corrected chi connectivity index (χ0v) is 11.1. The Morgan fingerprint density at radius 2 is 1.88 bits per heavy atom. The fraction of sp³-hybridized carbons (Fsp3) is 0.923. The number of carbonyl (C=O) groups is 1. The van der Waals surface area contributed by atoms with Crippen LogP contribution in [0.5, 0.6) is 0 Å². The Balaban J connectivity index is 2.48. The van der Waals surface area contributed by atoms with E-state index >= 15 is 0 Å². The highest BCUT2D eigenvalue weighted by Gasteiger charge is 2.32. The smallest absolute Gasteiger partial charge is 0.312 e. The van der Waals surface area contributed by atoms with E-state index in [2.05, 4.69) is 11.9 Å². The monoisotopic (exact) mass is 227 g/mol. The number of esters is 1. The SMILES string of the molecule is COC(=O)C(C)(C)CN(C)C1CCCCC1. The van der Waals surface area contributed by atoms with Crippen molar-refractivity contribution in [3.8, 4) is 0 Å². The second-order valence-corrected chi connectivity index (χ2v) is 5.58. The van der Waals surface area contributed by atoms with Crippen LogP contribution >= 0.6 is 0 Å². The Morgan fingerprint density at radius 3 is 2.38 bits per heavy atom. The summed E-state index contributed by atoms with van der Waals surface area (Å²) in [5.74, 6) is -0.116. The van der Waals surface area contributed by atoms with Gasteiger partial charge in [0.1, 0.15) is 0 Å². The molecule has 0 saturated heterocycles. The van der Waals surface area contributed by atoms with Gasteiger partial charge in [-0.15, -0.1) is 0 Å². The molecule has 0 radical (unpaired) electrons. The molecule has 0 unspecified atom stereocenters. The Labute approximate surface area is 99.1 Å². The Hall–Kier alpha value is -0.570. The summed E-state index contributed by atoms with van der Waals surface area (Å²) in [5, 5.41) is 0. The van der Waals surface area contributed by atoms with Crippen molar-refractivity contribution in [1.29, 1.82) is 0 Å².